The number of Topliss-reactive ketones (excluding diaryl/α,β-unsaturated/α-hetero) is 1. The molecule has 5 heteroatoms. The van der Waals surface area contributed by atoms with E-state index in [0.29, 0.717) is 17.8 Å². The first-order chi connectivity index (χ1) is 10.3. The first-order valence-electron chi connectivity index (χ1n) is 7.05. The monoisotopic (exact) mass is 315 g/mol. The second kappa shape index (κ2) is 4.95. The third-order valence-corrected chi connectivity index (χ3v) is 5.70. The number of ketones is 1. The van der Waals surface area contributed by atoms with Crippen LogP contribution in [0, 0.1) is 5.41 Å². The quantitative estimate of drug-likeness (QED) is 0.924. The highest BCUT2D eigenvalue weighted by Gasteiger charge is 2.34. The van der Waals surface area contributed by atoms with Crippen molar-refractivity contribution in [2.24, 2.45) is 5.41 Å². The van der Waals surface area contributed by atoms with Crippen molar-refractivity contribution < 1.29 is 13.2 Å². The van der Waals surface area contributed by atoms with Gasteiger partial charge in [-0.25, -0.2) is 8.42 Å². The average molecular weight is 315 g/mol. The van der Waals surface area contributed by atoms with Crippen molar-refractivity contribution in [3.05, 3.63) is 54.1 Å². The SMILES string of the molecule is CC1(C)CNc2cc(S(=O)(=O)c3ccccc3)ccc2C1=O. The van der Waals surface area contributed by atoms with E-state index in [1.54, 1.807) is 42.5 Å². The zero-order valence-electron chi connectivity index (χ0n) is 12.5. The number of carbonyl (C=O) groups excluding carboxylic acids is 1. The zero-order chi connectivity index (χ0) is 16.0. The zero-order valence-corrected chi connectivity index (χ0v) is 13.3. The van der Waals surface area contributed by atoms with Gasteiger partial charge in [0.25, 0.3) is 0 Å². The Balaban J connectivity index is 2.08. The molecule has 4 nitrogen and oxygen atoms in total. The van der Waals surface area contributed by atoms with E-state index in [2.05, 4.69) is 5.32 Å². The van der Waals surface area contributed by atoms with Crippen molar-refractivity contribution in [2.75, 3.05) is 11.9 Å². The largest absolute Gasteiger partial charge is 0.383 e. The Morgan fingerprint density at radius 2 is 1.68 bits per heavy atom. The minimum Gasteiger partial charge on any atom is -0.383 e. The molecular weight excluding hydrogens is 298 g/mol. The van der Waals surface area contributed by atoms with Crippen LogP contribution in [0.1, 0.15) is 24.2 Å². The van der Waals surface area contributed by atoms with Crippen molar-refractivity contribution in [2.45, 2.75) is 23.6 Å². The lowest BCUT2D eigenvalue weighted by Gasteiger charge is -2.31. The van der Waals surface area contributed by atoms with Gasteiger partial charge in [-0.3, -0.25) is 4.79 Å². The molecule has 1 heterocycles. The Morgan fingerprint density at radius 1 is 1.00 bits per heavy atom. The van der Waals surface area contributed by atoms with E-state index in [1.807, 2.05) is 13.8 Å². The van der Waals surface area contributed by atoms with Crippen LogP contribution in [0.25, 0.3) is 0 Å². The molecule has 1 aliphatic rings. The fourth-order valence-electron chi connectivity index (χ4n) is 2.53. The van der Waals surface area contributed by atoms with Gasteiger partial charge in [0.1, 0.15) is 0 Å². The smallest absolute Gasteiger partial charge is 0.206 e. The maximum absolute atomic E-state index is 12.6. The number of nitrogens with one attached hydrogen (secondary N) is 1. The van der Waals surface area contributed by atoms with Crippen LogP contribution in [0.3, 0.4) is 0 Å². The van der Waals surface area contributed by atoms with Crippen LogP contribution in [0.2, 0.25) is 0 Å². The first-order valence-corrected chi connectivity index (χ1v) is 8.53. The predicted molar refractivity (Wildman–Crippen MR) is 84.9 cm³/mol. The first kappa shape index (κ1) is 14.8. The molecule has 2 aromatic carbocycles. The third kappa shape index (κ3) is 2.31. The molecule has 0 aromatic heterocycles. The number of hydrogen-bond donors (Lipinski definition) is 1. The summed E-state index contributed by atoms with van der Waals surface area (Å²) in [5.74, 6) is 0.0323. The summed E-state index contributed by atoms with van der Waals surface area (Å²) in [4.78, 5) is 12.8. The van der Waals surface area contributed by atoms with Crippen molar-refractivity contribution in [1.82, 2.24) is 0 Å². The lowest BCUT2D eigenvalue weighted by atomic mass is 9.81. The second-order valence-corrected chi connectivity index (χ2v) is 8.04. The van der Waals surface area contributed by atoms with Gasteiger partial charge < -0.3 is 5.32 Å². The number of anilines is 1. The van der Waals surface area contributed by atoms with Gasteiger partial charge in [-0.05, 0) is 30.3 Å². The summed E-state index contributed by atoms with van der Waals surface area (Å²) in [6.07, 6.45) is 0. The van der Waals surface area contributed by atoms with E-state index in [0.717, 1.165) is 0 Å². The molecule has 1 N–H and O–H groups in total. The Kier molecular flexibility index (Phi) is 3.33. The van der Waals surface area contributed by atoms with Crippen LogP contribution in [0.5, 0.6) is 0 Å². The summed E-state index contributed by atoms with van der Waals surface area (Å²) in [7, 11) is -3.57. The minimum atomic E-state index is -3.57. The summed E-state index contributed by atoms with van der Waals surface area (Å²) < 4.78 is 25.2. The Hall–Kier alpha value is -2.14. The van der Waals surface area contributed by atoms with Gasteiger partial charge in [0, 0.05) is 23.2 Å². The van der Waals surface area contributed by atoms with Gasteiger partial charge >= 0.3 is 0 Å². The minimum absolute atomic E-state index is 0.0323. The van der Waals surface area contributed by atoms with Gasteiger partial charge in [-0.2, -0.15) is 0 Å². The Labute approximate surface area is 130 Å². The number of carbonyl (C=O) groups is 1. The van der Waals surface area contributed by atoms with Crippen LogP contribution < -0.4 is 5.32 Å². The molecule has 0 unspecified atom stereocenters. The molecule has 3 rings (SSSR count). The molecule has 0 fully saturated rings. The van der Waals surface area contributed by atoms with Crippen molar-refractivity contribution in [3.63, 3.8) is 0 Å². The molecule has 1 aliphatic heterocycles. The predicted octanol–water partition coefficient (Wildman–Crippen LogP) is 3.15. The van der Waals surface area contributed by atoms with Crippen molar-refractivity contribution in [1.29, 1.82) is 0 Å². The van der Waals surface area contributed by atoms with Crippen molar-refractivity contribution in [3.8, 4) is 0 Å². The highest BCUT2D eigenvalue weighted by molar-refractivity contribution is 7.91. The number of rotatable bonds is 2. The summed E-state index contributed by atoms with van der Waals surface area (Å²) in [5, 5.41) is 3.16. The van der Waals surface area contributed by atoms with Gasteiger partial charge in [-0.15, -0.1) is 0 Å². The molecule has 114 valence electrons. The fraction of sp³-hybridized carbons (Fsp3) is 0.235. The lowest BCUT2D eigenvalue weighted by Crippen LogP contribution is -2.37. The van der Waals surface area contributed by atoms with E-state index in [1.165, 1.54) is 6.07 Å². The molecule has 0 amide bonds. The molecule has 22 heavy (non-hydrogen) atoms. The topological polar surface area (TPSA) is 63.2 Å². The number of fused-ring (bicyclic) bond motifs is 1. The van der Waals surface area contributed by atoms with Gasteiger partial charge in [0.15, 0.2) is 5.78 Å². The van der Waals surface area contributed by atoms with Crippen LogP contribution >= 0.6 is 0 Å². The summed E-state index contributed by atoms with van der Waals surface area (Å²) in [5.41, 5.74) is 0.650. The van der Waals surface area contributed by atoms with Crippen LogP contribution in [0.15, 0.2) is 58.3 Å². The second-order valence-electron chi connectivity index (χ2n) is 6.09. The van der Waals surface area contributed by atoms with E-state index in [4.69, 9.17) is 0 Å². The number of hydrogen-bond acceptors (Lipinski definition) is 4. The van der Waals surface area contributed by atoms with E-state index < -0.39 is 15.3 Å². The van der Waals surface area contributed by atoms with Gasteiger partial charge in [0.05, 0.1) is 9.79 Å². The van der Waals surface area contributed by atoms with Crippen molar-refractivity contribution >= 4 is 21.3 Å². The van der Waals surface area contributed by atoms with E-state index in [9.17, 15) is 13.2 Å². The molecule has 0 atom stereocenters. The van der Waals surface area contributed by atoms with E-state index in [-0.39, 0.29) is 15.6 Å². The molecule has 0 saturated heterocycles. The highest BCUT2D eigenvalue weighted by Crippen LogP contribution is 2.34. The summed E-state index contributed by atoms with van der Waals surface area (Å²) >= 11 is 0. The third-order valence-electron chi connectivity index (χ3n) is 3.93. The highest BCUT2D eigenvalue weighted by atomic mass is 32.2. The molecule has 0 radical (unpaired) electrons. The van der Waals surface area contributed by atoms with E-state index >= 15 is 0 Å². The molecular formula is C17H17NO3S. The Morgan fingerprint density at radius 3 is 2.36 bits per heavy atom. The standard InChI is InChI=1S/C17H17NO3S/c1-17(2)11-18-15-10-13(8-9-14(15)16(17)19)22(20,21)12-6-4-3-5-7-12/h3-10,18H,11H2,1-2H3. The van der Waals surface area contributed by atoms with Crippen LogP contribution in [0.4, 0.5) is 5.69 Å². The molecule has 0 bridgehead atoms. The Bertz CT molecular complexity index is 839. The molecule has 0 spiro atoms. The molecule has 0 saturated carbocycles. The maximum Gasteiger partial charge on any atom is 0.206 e. The molecule has 0 aliphatic carbocycles. The maximum atomic E-state index is 12.6. The normalized spacial score (nSPS) is 16.7. The van der Waals surface area contributed by atoms with Gasteiger partial charge in [-0.1, -0.05) is 32.0 Å². The average Bonchev–Trinajstić information content (AvgIpc) is 2.52. The van der Waals surface area contributed by atoms with Gasteiger partial charge in [0.2, 0.25) is 9.84 Å². The summed E-state index contributed by atoms with van der Waals surface area (Å²) in [6, 6.07) is 12.9. The number of benzene rings is 2. The number of sulfone groups is 1. The fourth-order valence-corrected chi connectivity index (χ4v) is 3.84. The van der Waals surface area contributed by atoms with Crippen LogP contribution in [-0.2, 0) is 9.84 Å². The van der Waals surface area contributed by atoms with Crippen LogP contribution in [-0.4, -0.2) is 20.7 Å². The molecule has 2 aromatic rings. The summed E-state index contributed by atoms with van der Waals surface area (Å²) in [6.45, 7) is 4.24. The lowest BCUT2D eigenvalue weighted by molar-refractivity contribution is 0.0845.